The van der Waals surface area contributed by atoms with Crippen molar-refractivity contribution in [3.63, 3.8) is 0 Å². The lowest BCUT2D eigenvalue weighted by molar-refractivity contribution is 0.0970. The Labute approximate surface area is 159 Å². The summed E-state index contributed by atoms with van der Waals surface area (Å²) < 4.78 is 6.45. The highest BCUT2D eigenvalue weighted by Crippen LogP contribution is 2.19. The fourth-order valence-electron chi connectivity index (χ4n) is 2.83. The predicted octanol–water partition coefficient (Wildman–Crippen LogP) is 2.11. The molecule has 2 aromatic heterocycles. The van der Waals surface area contributed by atoms with E-state index in [0.717, 1.165) is 5.52 Å². The molecule has 2 aromatic carbocycles. The van der Waals surface area contributed by atoms with Crippen molar-refractivity contribution in [2.45, 2.75) is 0 Å². The van der Waals surface area contributed by atoms with Crippen molar-refractivity contribution in [2.75, 3.05) is 12.4 Å². The van der Waals surface area contributed by atoms with Crippen LogP contribution in [0, 0.1) is 0 Å². The molecule has 0 aliphatic rings. The van der Waals surface area contributed by atoms with Crippen LogP contribution in [-0.4, -0.2) is 38.4 Å². The van der Waals surface area contributed by atoms with E-state index in [9.17, 15) is 9.59 Å². The van der Waals surface area contributed by atoms with Gasteiger partial charge in [-0.1, -0.05) is 12.1 Å². The molecular weight excluding hydrogens is 360 g/mol. The van der Waals surface area contributed by atoms with Gasteiger partial charge < -0.3 is 20.8 Å². The quantitative estimate of drug-likeness (QED) is 0.491. The second-order valence-electron chi connectivity index (χ2n) is 5.94. The largest absolute Gasteiger partial charge is 0.497 e. The third kappa shape index (κ3) is 3.05. The van der Waals surface area contributed by atoms with Crippen LogP contribution in [0.2, 0.25) is 0 Å². The van der Waals surface area contributed by atoms with Gasteiger partial charge in [0.25, 0.3) is 11.8 Å². The van der Waals surface area contributed by atoms with Gasteiger partial charge >= 0.3 is 0 Å². The van der Waals surface area contributed by atoms with E-state index < -0.39 is 11.8 Å². The minimum absolute atomic E-state index is 0.0648. The number of hydrogen-bond acceptors (Lipinski definition) is 5. The van der Waals surface area contributed by atoms with Crippen molar-refractivity contribution in [1.29, 1.82) is 0 Å². The van der Waals surface area contributed by atoms with Crippen LogP contribution in [0.15, 0.2) is 54.9 Å². The number of rotatable bonds is 5. The first-order valence-corrected chi connectivity index (χ1v) is 8.34. The van der Waals surface area contributed by atoms with Gasteiger partial charge in [-0.3, -0.25) is 14.2 Å². The van der Waals surface area contributed by atoms with Gasteiger partial charge in [-0.25, -0.2) is 9.97 Å². The van der Waals surface area contributed by atoms with Gasteiger partial charge in [0.1, 0.15) is 17.8 Å². The smallest absolute Gasteiger partial charge is 0.276 e. The maximum atomic E-state index is 12.7. The van der Waals surface area contributed by atoms with E-state index in [-0.39, 0.29) is 11.4 Å². The van der Waals surface area contributed by atoms with Gasteiger partial charge in [0.2, 0.25) is 5.95 Å². The number of para-hydroxylation sites is 2. The fourth-order valence-corrected chi connectivity index (χ4v) is 2.83. The number of nitrogens with two attached hydrogens (primary N) is 1. The lowest BCUT2D eigenvalue weighted by Crippen LogP contribution is -2.23. The number of anilines is 1. The summed E-state index contributed by atoms with van der Waals surface area (Å²) in [4.78, 5) is 36.3. The van der Waals surface area contributed by atoms with Crippen LogP contribution in [0.4, 0.5) is 5.69 Å². The summed E-state index contributed by atoms with van der Waals surface area (Å²) in [6.45, 7) is 0. The second-order valence-corrected chi connectivity index (χ2v) is 5.94. The summed E-state index contributed by atoms with van der Waals surface area (Å²) in [5.41, 5.74) is 7.39. The van der Waals surface area contributed by atoms with E-state index in [2.05, 4.69) is 20.3 Å². The molecule has 0 spiro atoms. The van der Waals surface area contributed by atoms with E-state index in [1.165, 1.54) is 10.9 Å². The number of hydrogen-bond donors (Lipinski definition) is 3. The van der Waals surface area contributed by atoms with Crippen molar-refractivity contribution >= 4 is 28.5 Å². The number of nitrogens with one attached hydrogen (secondary N) is 2. The highest BCUT2D eigenvalue weighted by Gasteiger charge is 2.24. The normalized spacial score (nSPS) is 10.8. The Hall–Kier alpha value is -4.14. The lowest BCUT2D eigenvalue weighted by Gasteiger charge is -2.07. The first kappa shape index (κ1) is 17.3. The highest BCUT2D eigenvalue weighted by atomic mass is 16.5. The number of imidazole rings is 2. The summed E-state index contributed by atoms with van der Waals surface area (Å²) in [5.74, 6) is -0.359. The number of nitrogens with zero attached hydrogens (tertiary/aromatic N) is 3. The average molecular weight is 376 g/mol. The molecule has 9 heteroatoms. The number of methoxy groups -OCH3 is 1. The zero-order chi connectivity index (χ0) is 19.7. The number of aromatic amines is 1. The molecule has 0 radical (unpaired) electrons. The van der Waals surface area contributed by atoms with E-state index in [0.29, 0.717) is 22.9 Å². The van der Waals surface area contributed by atoms with Crippen molar-refractivity contribution in [2.24, 2.45) is 5.73 Å². The molecule has 140 valence electrons. The van der Waals surface area contributed by atoms with Crippen LogP contribution in [0.1, 0.15) is 21.0 Å². The molecule has 2 heterocycles. The number of H-pyrrole nitrogens is 1. The first-order valence-electron chi connectivity index (χ1n) is 8.34. The number of fused-ring (bicyclic) bond motifs is 1. The van der Waals surface area contributed by atoms with Crippen LogP contribution < -0.4 is 15.8 Å². The van der Waals surface area contributed by atoms with Crippen molar-refractivity contribution in [3.05, 3.63) is 66.2 Å². The standard InChI is InChI=1S/C19H16N6O3/c1-28-12-8-6-11(7-9-12)22-18(27)15-16(17(20)26)25(10-21-15)19-23-13-4-2-3-5-14(13)24-19/h2-10H,1H3,(H2,20,26)(H,22,27)(H,23,24). The van der Waals surface area contributed by atoms with Gasteiger partial charge in [-0.05, 0) is 36.4 Å². The van der Waals surface area contributed by atoms with Crippen LogP contribution in [0.5, 0.6) is 5.75 Å². The van der Waals surface area contributed by atoms with Gasteiger partial charge in [0.05, 0.1) is 18.1 Å². The molecule has 0 unspecified atom stereocenters. The Morgan fingerprint density at radius 3 is 2.57 bits per heavy atom. The highest BCUT2D eigenvalue weighted by molar-refractivity contribution is 6.10. The van der Waals surface area contributed by atoms with Gasteiger partial charge in [-0.15, -0.1) is 0 Å². The minimum atomic E-state index is -0.794. The topological polar surface area (TPSA) is 128 Å². The molecule has 0 saturated heterocycles. The molecule has 0 aliphatic carbocycles. The Kier molecular flexibility index (Phi) is 4.24. The van der Waals surface area contributed by atoms with Crippen LogP contribution in [0.25, 0.3) is 17.0 Å². The summed E-state index contributed by atoms with van der Waals surface area (Å²) in [6, 6.07) is 14.2. The Morgan fingerprint density at radius 1 is 1.14 bits per heavy atom. The fraction of sp³-hybridized carbons (Fsp3) is 0.0526. The predicted molar refractivity (Wildman–Crippen MR) is 103 cm³/mol. The molecule has 0 aliphatic heterocycles. The summed E-state index contributed by atoms with van der Waals surface area (Å²) in [6.07, 6.45) is 1.33. The molecule has 2 amide bonds. The van der Waals surface area contributed by atoms with E-state index in [1.54, 1.807) is 31.4 Å². The molecule has 0 bridgehead atoms. The van der Waals surface area contributed by atoms with Crippen LogP contribution in [-0.2, 0) is 0 Å². The molecule has 4 N–H and O–H groups in total. The lowest BCUT2D eigenvalue weighted by atomic mass is 10.2. The van der Waals surface area contributed by atoms with Gasteiger partial charge in [0.15, 0.2) is 5.69 Å². The molecule has 0 saturated carbocycles. The van der Waals surface area contributed by atoms with E-state index in [1.807, 2.05) is 24.3 Å². The monoisotopic (exact) mass is 376 g/mol. The number of amides is 2. The van der Waals surface area contributed by atoms with Gasteiger partial charge in [-0.2, -0.15) is 0 Å². The van der Waals surface area contributed by atoms with Crippen molar-refractivity contribution in [1.82, 2.24) is 19.5 Å². The Morgan fingerprint density at radius 2 is 1.89 bits per heavy atom. The van der Waals surface area contributed by atoms with Crippen molar-refractivity contribution < 1.29 is 14.3 Å². The summed E-state index contributed by atoms with van der Waals surface area (Å²) in [5, 5.41) is 2.69. The van der Waals surface area contributed by atoms with E-state index >= 15 is 0 Å². The Bertz CT molecular complexity index is 1140. The first-order chi connectivity index (χ1) is 13.6. The number of benzene rings is 2. The zero-order valence-electron chi connectivity index (χ0n) is 14.8. The zero-order valence-corrected chi connectivity index (χ0v) is 14.8. The molecule has 0 atom stereocenters. The molecular formula is C19H16N6O3. The molecule has 0 fully saturated rings. The number of aromatic nitrogens is 4. The number of primary amides is 1. The number of carbonyl (C=O) groups excluding carboxylic acids is 2. The molecule has 4 rings (SSSR count). The maximum absolute atomic E-state index is 12.7. The van der Waals surface area contributed by atoms with Crippen molar-refractivity contribution in [3.8, 4) is 11.7 Å². The number of carbonyl (C=O) groups is 2. The molecule has 28 heavy (non-hydrogen) atoms. The van der Waals surface area contributed by atoms with Crippen LogP contribution in [0.3, 0.4) is 0 Å². The third-order valence-corrected chi connectivity index (χ3v) is 4.17. The summed E-state index contributed by atoms with van der Waals surface area (Å²) >= 11 is 0. The minimum Gasteiger partial charge on any atom is -0.497 e. The third-order valence-electron chi connectivity index (χ3n) is 4.17. The number of ether oxygens (including phenoxy) is 1. The van der Waals surface area contributed by atoms with E-state index in [4.69, 9.17) is 10.5 Å². The van der Waals surface area contributed by atoms with Gasteiger partial charge in [0, 0.05) is 5.69 Å². The average Bonchev–Trinajstić information content (AvgIpc) is 3.32. The maximum Gasteiger partial charge on any atom is 0.276 e. The Balaban J connectivity index is 1.69. The SMILES string of the molecule is COc1ccc(NC(=O)c2ncn(-c3nc4ccccc4[nH]3)c2C(N)=O)cc1. The van der Waals surface area contributed by atoms with Crippen LogP contribution >= 0.6 is 0 Å². The molecule has 9 nitrogen and oxygen atoms in total. The molecule has 4 aromatic rings. The summed E-state index contributed by atoms with van der Waals surface area (Å²) in [7, 11) is 1.55. The second kappa shape index (κ2) is 6.88.